The highest BCUT2D eigenvalue weighted by molar-refractivity contribution is 5.80. The molecule has 5 nitrogen and oxygen atoms in total. The largest absolute Gasteiger partial charge is 0.481 e. The van der Waals surface area contributed by atoms with E-state index in [1.807, 2.05) is 89.9 Å². The van der Waals surface area contributed by atoms with Crippen LogP contribution in [0.2, 0.25) is 0 Å². The molecule has 1 N–H and O–H groups in total. The van der Waals surface area contributed by atoms with E-state index in [0.29, 0.717) is 18.7 Å². The second-order valence-electron chi connectivity index (χ2n) is 7.32. The zero-order chi connectivity index (χ0) is 21.5. The minimum atomic E-state index is -0.574. The Labute approximate surface area is 182 Å². The van der Waals surface area contributed by atoms with Crippen LogP contribution >= 0.6 is 0 Å². The van der Waals surface area contributed by atoms with Crippen LogP contribution in [0.3, 0.4) is 0 Å². The summed E-state index contributed by atoms with van der Waals surface area (Å²) in [6, 6.07) is 27.9. The molecule has 4 aromatic rings. The number of nitrogens with one attached hydrogen (secondary N) is 1. The Bertz CT molecular complexity index is 1110. The van der Waals surface area contributed by atoms with Crippen molar-refractivity contribution in [3.8, 4) is 22.6 Å². The van der Waals surface area contributed by atoms with E-state index in [9.17, 15) is 4.79 Å². The molecule has 0 unspecified atom stereocenters. The standard InChI is InChI=1S/C26H25N3O2/c1-20(31-25-14-12-23(13-15-25)22-8-4-2-5-9-22)26(30)27-17-16-21-18-28-29(19-21)24-10-6-3-7-11-24/h2-15,18-20H,16-17H2,1H3,(H,27,30)/t20-/m0/s1. The zero-order valence-corrected chi connectivity index (χ0v) is 17.4. The van der Waals surface area contributed by atoms with Gasteiger partial charge >= 0.3 is 0 Å². The number of hydrogen-bond acceptors (Lipinski definition) is 3. The Hall–Kier alpha value is -3.86. The summed E-state index contributed by atoms with van der Waals surface area (Å²) in [5.41, 5.74) is 4.34. The van der Waals surface area contributed by atoms with Gasteiger partial charge in [-0.15, -0.1) is 0 Å². The molecule has 0 fully saturated rings. The molecule has 3 aromatic carbocycles. The van der Waals surface area contributed by atoms with Crippen LogP contribution in [0.15, 0.2) is 97.3 Å². The van der Waals surface area contributed by atoms with E-state index in [1.54, 1.807) is 6.92 Å². The molecule has 5 heteroatoms. The molecule has 0 bridgehead atoms. The van der Waals surface area contributed by atoms with Crippen molar-refractivity contribution in [2.75, 3.05) is 6.54 Å². The summed E-state index contributed by atoms with van der Waals surface area (Å²) >= 11 is 0. The van der Waals surface area contributed by atoms with E-state index in [2.05, 4.69) is 22.5 Å². The van der Waals surface area contributed by atoms with Crippen molar-refractivity contribution in [3.05, 3.63) is 103 Å². The molecule has 0 saturated heterocycles. The number of amides is 1. The third-order valence-corrected chi connectivity index (χ3v) is 5.01. The average molecular weight is 412 g/mol. The summed E-state index contributed by atoms with van der Waals surface area (Å²) in [7, 11) is 0. The monoisotopic (exact) mass is 411 g/mol. The van der Waals surface area contributed by atoms with Gasteiger partial charge in [0.2, 0.25) is 0 Å². The quantitative estimate of drug-likeness (QED) is 0.459. The van der Waals surface area contributed by atoms with Crippen LogP contribution in [0.1, 0.15) is 12.5 Å². The Kier molecular flexibility index (Phi) is 6.43. The summed E-state index contributed by atoms with van der Waals surface area (Å²) in [5, 5.41) is 7.32. The van der Waals surface area contributed by atoms with Gasteiger partial charge in [0, 0.05) is 12.7 Å². The van der Waals surface area contributed by atoms with Crippen LogP contribution in [-0.2, 0) is 11.2 Å². The fourth-order valence-corrected chi connectivity index (χ4v) is 3.30. The van der Waals surface area contributed by atoms with Gasteiger partial charge in [0.1, 0.15) is 5.75 Å². The first-order valence-electron chi connectivity index (χ1n) is 10.4. The molecule has 1 amide bonds. The Morgan fingerprint density at radius 1 is 0.935 bits per heavy atom. The minimum absolute atomic E-state index is 0.136. The topological polar surface area (TPSA) is 56.1 Å². The van der Waals surface area contributed by atoms with Gasteiger partial charge in [0.25, 0.3) is 5.91 Å². The fraction of sp³-hybridized carbons (Fsp3) is 0.154. The van der Waals surface area contributed by atoms with Gasteiger partial charge in [-0.05, 0) is 54.3 Å². The van der Waals surface area contributed by atoms with Crippen LogP contribution in [-0.4, -0.2) is 28.3 Å². The lowest BCUT2D eigenvalue weighted by molar-refractivity contribution is -0.127. The third-order valence-electron chi connectivity index (χ3n) is 5.01. The van der Waals surface area contributed by atoms with E-state index in [4.69, 9.17) is 4.74 Å². The maximum Gasteiger partial charge on any atom is 0.260 e. The van der Waals surface area contributed by atoms with Crippen LogP contribution in [0, 0.1) is 0 Å². The molecule has 0 aliphatic heterocycles. The molecular formula is C26H25N3O2. The lowest BCUT2D eigenvalue weighted by Crippen LogP contribution is -2.37. The van der Waals surface area contributed by atoms with Crippen LogP contribution < -0.4 is 10.1 Å². The number of hydrogen-bond donors (Lipinski definition) is 1. The molecule has 31 heavy (non-hydrogen) atoms. The number of nitrogens with zero attached hydrogens (tertiary/aromatic N) is 2. The second-order valence-corrected chi connectivity index (χ2v) is 7.32. The van der Waals surface area contributed by atoms with Gasteiger partial charge in [0.15, 0.2) is 6.10 Å². The number of rotatable bonds is 8. The molecule has 0 saturated carbocycles. The van der Waals surface area contributed by atoms with Crippen LogP contribution in [0.25, 0.3) is 16.8 Å². The maximum atomic E-state index is 12.4. The summed E-state index contributed by atoms with van der Waals surface area (Å²) in [6.45, 7) is 2.29. The Balaban J connectivity index is 1.25. The highest BCUT2D eigenvalue weighted by atomic mass is 16.5. The molecule has 4 rings (SSSR count). The molecule has 1 heterocycles. The molecule has 0 aliphatic carbocycles. The highest BCUT2D eigenvalue weighted by Crippen LogP contribution is 2.22. The molecule has 1 aromatic heterocycles. The first-order chi connectivity index (χ1) is 15.2. The van der Waals surface area contributed by atoms with Crippen molar-refractivity contribution in [2.24, 2.45) is 0 Å². The van der Waals surface area contributed by atoms with Crippen molar-refractivity contribution < 1.29 is 9.53 Å². The van der Waals surface area contributed by atoms with Gasteiger partial charge in [-0.1, -0.05) is 60.7 Å². The molecule has 0 radical (unpaired) electrons. The first kappa shape index (κ1) is 20.4. The first-order valence-corrected chi connectivity index (χ1v) is 10.4. The predicted molar refractivity (Wildman–Crippen MR) is 122 cm³/mol. The Morgan fingerprint density at radius 3 is 2.29 bits per heavy atom. The van der Waals surface area contributed by atoms with Gasteiger partial charge < -0.3 is 10.1 Å². The lowest BCUT2D eigenvalue weighted by atomic mass is 10.1. The van der Waals surface area contributed by atoms with Gasteiger partial charge in [-0.25, -0.2) is 4.68 Å². The number of aromatic nitrogens is 2. The predicted octanol–water partition coefficient (Wildman–Crippen LogP) is 4.67. The average Bonchev–Trinajstić information content (AvgIpc) is 3.29. The van der Waals surface area contributed by atoms with Crippen molar-refractivity contribution in [2.45, 2.75) is 19.4 Å². The summed E-state index contributed by atoms with van der Waals surface area (Å²) in [6.07, 6.45) is 3.94. The smallest absolute Gasteiger partial charge is 0.260 e. The van der Waals surface area contributed by atoms with E-state index in [0.717, 1.165) is 22.4 Å². The Morgan fingerprint density at radius 2 is 1.58 bits per heavy atom. The molecule has 0 aliphatic rings. The number of benzene rings is 3. The number of para-hydroxylation sites is 1. The molecular weight excluding hydrogens is 386 g/mol. The summed E-state index contributed by atoms with van der Waals surface area (Å²) in [4.78, 5) is 12.4. The van der Waals surface area contributed by atoms with E-state index in [-0.39, 0.29) is 5.91 Å². The molecule has 156 valence electrons. The number of carbonyl (C=O) groups excluding carboxylic acids is 1. The maximum absolute atomic E-state index is 12.4. The fourth-order valence-electron chi connectivity index (χ4n) is 3.30. The number of carbonyl (C=O) groups is 1. The minimum Gasteiger partial charge on any atom is -0.481 e. The van der Waals surface area contributed by atoms with Gasteiger partial charge in [0.05, 0.1) is 11.9 Å². The van der Waals surface area contributed by atoms with Crippen molar-refractivity contribution in [1.82, 2.24) is 15.1 Å². The van der Waals surface area contributed by atoms with Crippen molar-refractivity contribution in [1.29, 1.82) is 0 Å². The van der Waals surface area contributed by atoms with Crippen molar-refractivity contribution in [3.63, 3.8) is 0 Å². The van der Waals surface area contributed by atoms with Crippen molar-refractivity contribution >= 4 is 5.91 Å². The van der Waals surface area contributed by atoms with E-state index in [1.165, 1.54) is 0 Å². The summed E-state index contributed by atoms with van der Waals surface area (Å²) in [5.74, 6) is 0.536. The highest BCUT2D eigenvalue weighted by Gasteiger charge is 2.14. The van der Waals surface area contributed by atoms with Gasteiger partial charge in [-0.3, -0.25) is 4.79 Å². The van der Waals surface area contributed by atoms with Gasteiger partial charge in [-0.2, -0.15) is 5.10 Å². The summed E-state index contributed by atoms with van der Waals surface area (Å²) < 4.78 is 7.64. The second kappa shape index (κ2) is 9.76. The SMILES string of the molecule is C[C@H](Oc1ccc(-c2ccccc2)cc1)C(=O)NCCc1cnn(-c2ccccc2)c1. The number of ether oxygens (including phenoxy) is 1. The van der Waals surface area contributed by atoms with Crippen LogP contribution in [0.4, 0.5) is 0 Å². The third kappa shape index (κ3) is 5.39. The van der Waals surface area contributed by atoms with E-state index < -0.39 is 6.10 Å². The normalized spacial score (nSPS) is 11.6. The van der Waals surface area contributed by atoms with Crippen LogP contribution in [0.5, 0.6) is 5.75 Å². The molecule has 1 atom stereocenters. The van der Waals surface area contributed by atoms with E-state index >= 15 is 0 Å². The molecule has 0 spiro atoms. The zero-order valence-electron chi connectivity index (χ0n) is 17.4. The lowest BCUT2D eigenvalue weighted by Gasteiger charge is -2.15.